The summed E-state index contributed by atoms with van der Waals surface area (Å²) in [4.78, 5) is 0. The molecule has 4 N–H and O–H groups in total. The van der Waals surface area contributed by atoms with Crippen LogP contribution in [0.2, 0.25) is 0 Å². The third-order valence-electron chi connectivity index (χ3n) is 3.28. The normalized spacial score (nSPS) is 18.0. The Hall–Kier alpha value is -0.830. The van der Waals surface area contributed by atoms with E-state index in [0.717, 1.165) is 31.4 Å². The standard InChI is InChI=1S/C12H20N3OP/c13-17(14,16)15(11-7-3-1-4-8-11)12-9-5-2-6-10-12/h1,3-4,7-8,12H,2,5-6,9-10H2,(H4,13,14,16). The number of hydrogen-bond donors (Lipinski definition) is 2. The molecule has 94 valence electrons. The van der Waals surface area contributed by atoms with Gasteiger partial charge in [-0.3, -0.25) is 20.2 Å². The maximum Gasteiger partial charge on any atom is 0.300 e. The van der Waals surface area contributed by atoms with Crippen LogP contribution in [-0.4, -0.2) is 6.04 Å². The number of nitrogens with two attached hydrogens (primary N) is 2. The number of benzene rings is 1. The molecule has 0 amide bonds. The molecule has 0 aromatic heterocycles. The van der Waals surface area contributed by atoms with Gasteiger partial charge in [0.15, 0.2) is 0 Å². The van der Waals surface area contributed by atoms with E-state index in [2.05, 4.69) is 0 Å². The predicted molar refractivity (Wildman–Crippen MR) is 71.8 cm³/mol. The molecule has 0 radical (unpaired) electrons. The van der Waals surface area contributed by atoms with E-state index < -0.39 is 7.59 Å². The lowest BCUT2D eigenvalue weighted by atomic mass is 9.95. The molecule has 1 aliphatic rings. The third-order valence-corrected chi connectivity index (χ3v) is 4.51. The van der Waals surface area contributed by atoms with E-state index in [-0.39, 0.29) is 6.04 Å². The number of hydrogen-bond acceptors (Lipinski definition) is 1. The van der Waals surface area contributed by atoms with Gasteiger partial charge in [0.25, 0.3) is 0 Å². The molecule has 1 aliphatic carbocycles. The first kappa shape index (κ1) is 12.6. The van der Waals surface area contributed by atoms with Crippen molar-refractivity contribution in [2.24, 2.45) is 11.0 Å². The summed E-state index contributed by atoms with van der Waals surface area (Å²) in [5.74, 6) is 0. The van der Waals surface area contributed by atoms with Crippen LogP contribution in [0, 0.1) is 0 Å². The molecule has 0 atom stereocenters. The predicted octanol–water partition coefficient (Wildman–Crippen LogP) is 2.85. The zero-order valence-corrected chi connectivity index (χ0v) is 10.9. The van der Waals surface area contributed by atoms with E-state index in [1.165, 1.54) is 6.42 Å². The summed E-state index contributed by atoms with van der Waals surface area (Å²) < 4.78 is 13.8. The van der Waals surface area contributed by atoms with Crippen molar-refractivity contribution in [1.29, 1.82) is 0 Å². The molecule has 5 heteroatoms. The summed E-state index contributed by atoms with van der Waals surface area (Å²) in [6.07, 6.45) is 5.61. The second-order valence-corrected chi connectivity index (χ2v) is 6.42. The molecule has 0 heterocycles. The van der Waals surface area contributed by atoms with E-state index in [9.17, 15) is 4.57 Å². The van der Waals surface area contributed by atoms with Crippen LogP contribution < -0.4 is 15.7 Å². The van der Waals surface area contributed by atoms with Crippen molar-refractivity contribution in [3.8, 4) is 0 Å². The molecule has 1 aromatic carbocycles. The van der Waals surface area contributed by atoms with E-state index in [4.69, 9.17) is 11.0 Å². The van der Waals surface area contributed by atoms with Crippen LogP contribution in [0.15, 0.2) is 30.3 Å². The Morgan fingerprint density at radius 3 is 2.18 bits per heavy atom. The minimum atomic E-state index is -3.23. The summed E-state index contributed by atoms with van der Waals surface area (Å²) >= 11 is 0. The van der Waals surface area contributed by atoms with E-state index in [0.29, 0.717) is 0 Å². The SMILES string of the molecule is NP(N)(=O)N(c1ccccc1)C1CCCCC1. The highest BCUT2D eigenvalue weighted by molar-refractivity contribution is 7.60. The molecule has 0 unspecified atom stereocenters. The lowest BCUT2D eigenvalue weighted by Crippen LogP contribution is -2.39. The van der Waals surface area contributed by atoms with Gasteiger partial charge in [-0.2, -0.15) is 0 Å². The lowest BCUT2D eigenvalue weighted by molar-refractivity contribution is 0.438. The fraction of sp³-hybridized carbons (Fsp3) is 0.500. The van der Waals surface area contributed by atoms with Gasteiger partial charge >= 0.3 is 7.59 Å². The van der Waals surface area contributed by atoms with Gasteiger partial charge in [-0.25, -0.2) is 0 Å². The smallest absolute Gasteiger partial charge is 0.297 e. The van der Waals surface area contributed by atoms with Crippen molar-refractivity contribution in [2.75, 3.05) is 4.67 Å². The molecule has 1 aromatic rings. The van der Waals surface area contributed by atoms with Crippen molar-refractivity contribution in [2.45, 2.75) is 38.1 Å². The molecule has 0 spiro atoms. The fourth-order valence-corrected chi connectivity index (χ4v) is 3.79. The van der Waals surface area contributed by atoms with E-state index in [1.807, 2.05) is 30.3 Å². The minimum absolute atomic E-state index is 0.215. The molecular weight excluding hydrogens is 233 g/mol. The second-order valence-electron chi connectivity index (χ2n) is 4.64. The first-order chi connectivity index (χ1) is 8.09. The Kier molecular flexibility index (Phi) is 3.87. The number of anilines is 1. The van der Waals surface area contributed by atoms with Gasteiger partial charge in [0.05, 0.1) is 0 Å². The van der Waals surface area contributed by atoms with Gasteiger partial charge < -0.3 is 0 Å². The molecule has 1 fully saturated rings. The molecule has 0 saturated heterocycles. The van der Waals surface area contributed by atoms with Gasteiger partial charge in [-0.1, -0.05) is 37.5 Å². The van der Waals surface area contributed by atoms with Crippen molar-refractivity contribution in [1.82, 2.24) is 0 Å². The Morgan fingerprint density at radius 1 is 1.06 bits per heavy atom. The summed E-state index contributed by atoms with van der Waals surface area (Å²) in [6, 6.07) is 9.82. The number of para-hydroxylation sites is 1. The van der Waals surface area contributed by atoms with Crippen LogP contribution in [0.25, 0.3) is 0 Å². The monoisotopic (exact) mass is 253 g/mol. The molecule has 17 heavy (non-hydrogen) atoms. The quantitative estimate of drug-likeness (QED) is 0.812. The topological polar surface area (TPSA) is 72.3 Å². The second kappa shape index (κ2) is 5.21. The molecule has 4 nitrogen and oxygen atoms in total. The minimum Gasteiger partial charge on any atom is -0.297 e. The van der Waals surface area contributed by atoms with Gasteiger partial charge in [0.2, 0.25) is 0 Å². The average molecular weight is 253 g/mol. The Morgan fingerprint density at radius 2 is 1.65 bits per heavy atom. The Balaban J connectivity index is 2.28. The lowest BCUT2D eigenvalue weighted by Gasteiger charge is -2.37. The summed E-state index contributed by atoms with van der Waals surface area (Å²) in [5, 5.41) is 0. The van der Waals surface area contributed by atoms with Crippen molar-refractivity contribution >= 4 is 13.3 Å². The van der Waals surface area contributed by atoms with Crippen molar-refractivity contribution < 1.29 is 4.57 Å². The first-order valence-corrected chi connectivity index (χ1v) is 7.91. The molecule has 2 rings (SSSR count). The zero-order valence-electron chi connectivity index (χ0n) is 9.96. The van der Waals surface area contributed by atoms with E-state index in [1.54, 1.807) is 4.67 Å². The molecule has 1 saturated carbocycles. The highest BCUT2D eigenvalue weighted by atomic mass is 31.2. The highest BCUT2D eigenvalue weighted by Gasteiger charge is 2.30. The summed E-state index contributed by atoms with van der Waals surface area (Å²) in [7, 11) is -3.23. The van der Waals surface area contributed by atoms with Crippen LogP contribution in [0.1, 0.15) is 32.1 Å². The van der Waals surface area contributed by atoms with Crippen LogP contribution in [-0.2, 0) is 4.57 Å². The van der Waals surface area contributed by atoms with Crippen LogP contribution >= 0.6 is 7.59 Å². The molecular formula is C12H20N3OP. The maximum atomic E-state index is 12.1. The molecule has 0 bridgehead atoms. The van der Waals surface area contributed by atoms with Crippen LogP contribution in [0.5, 0.6) is 0 Å². The summed E-state index contributed by atoms with van der Waals surface area (Å²) in [6.45, 7) is 0. The van der Waals surface area contributed by atoms with Gasteiger partial charge in [-0.15, -0.1) is 0 Å². The number of rotatable bonds is 3. The zero-order chi connectivity index (χ0) is 12.3. The molecule has 0 aliphatic heterocycles. The van der Waals surface area contributed by atoms with Crippen LogP contribution in [0.4, 0.5) is 5.69 Å². The van der Waals surface area contributed by atoms with Gasteiger partial charge in [0, 0.05) is 11.7 Å². The Bertz CT molecular complexity index is 397. The van der Waals surface area contributed by atoms with Crippen molar-refractivity contribution in [3.63, 3.8) is 0 Å². The largest absolute Gasteiger partial charge is 0.300 e. The van der Waals surface area contributed by atoms with E-state index >= 15 is 0 Å². The maximum absolute atomic E-state index is 12.1. The third kappa shape index (κ3) is 3.09. The van der Waals surface area contributed by atoms with Crippen molar-refractivity contribution in [3.05, 3.63) is 30.3 Å². The van der Waals surface area contributed by atoms with Gasteiger partial charge in [0.1, 0.15) is 0 Å². The Labute approximate surface area is 103 Å². The average Bonchev–Trinajstić information content (AvgIpc) is 2.30. The van der Waals surface area contributed by atoms with Crippen LogP contribution in [0.3, 0.4) is 0 Å². The number of nitrogens with zero attached hydrogens (tertiary/aromatic N) is 1. The fourth-order valence-electron chi connectivity index (χ4n) is 2.55. The van der Waals surface area contributed by atoms with Gasteiger partial charge in [-0.05, 0) is 25.0 Å². The summed E-state index contributed by atoms with van der Waals surface area (Å²) in [5.41, 5.74) is 12.3. The first-order valence-electron chi connectivity index (χ1n) is 6.11. The highest BCUT2D eigenvalue weighted by Crippen LogP contribution is 2.42.